The zero-order valence-electron chi connectivity index (χ0n) is 9.30. The van der Waals surface area contributed by atoms with Gasteiger partial charge in [0, 0.05) is 5.56 Å². The summed E-state index contributed by atoms with van der Waals surface area (Å²) in [5.41, 5.74) is 0.911. The fourth-order valence-electron chi connectivity index (χ4n) is 1.38. The zero-order valence-corrected chi connectivity index (χ0v) is 9.30. The van der Waals surface area contributed by atoms with Gasteiger partial charge < -0.3 is 4.74 Å². The van der Waals surface area contributed by atoms with Crippen molar-refractivity contribution in [3.05, 3.63) is 54.2 Å². The van der Waals surface area contributed by atoms with Gasteiger partial charge in [-0.3, -0.25) is 0 Å². The maximum Gasteiger partial charge on any atom is 0.225 e. The van der Waals surface area contributed by atoms with E-state index in [4.69, 9.17) is 4.74 Å². The van der Waals surface area contributed by atoms with Crippen LogP contribution in [-0.2, 0) is 0 Å². The molecule has 0 unspecified atom stereocenters. The molecule has 0 saturated heterocycles. The predicted molar refractivity (Wildman–Crippen MR) is 63.2 cm³/mol. The summed E-state index contributed by atoms with van der Waals surface area (Å²) in [6.45, 7) is 1.92. The number of allylic oxidation sites excluding steroid dienone is 1. The van der Waals surface area contributed by atoms with Crippen molar-refractivity contribution in [3.63, 3.8) is 0 Å². The van der Waals surface area contributed by atoms with E-state index >= 15 is 0 Å². The summed E-state index contributed by atoms with van der Waals surface area (Å²) in [5, 5.41) is 0. The van der Waals surface area contributed by atoms with Crippen molar-refractivity contribution in [2.45, 2.75) is 6.92 Å². The highest BCUT2D eigenvalue weighted by Gasteiger charge is 2.03. The molecule has 0 N–H and O–H groups in total. The monoisotopic (exact) mass is 230 g/mol. The van der Waals surface area contributed by atoms with Crippen LogP contribution >= 0.6 is 0 Å². The van der Waals surface area contributed by atoms with Gasteiger partial charge in [-0.1, -0.05) is 30.4 Å². The first-order valence-electron chi connectivity index (χ1n) is 5.16. The van der Waals surface area contributed by atoms with Gasteiger partial charge in [0.05, 0.1) is 6.07 Å². The van der Waals surface area contributed by atoms with Gasteiger partial charge in [0.15, 0.2) is 0 Å². The molecular weight excluding hydrogens is 219 g/mol. The van der Waals surface area contributed by atoms with Crippen LogP contribution < -0.4 is 4.74 Å². The molecular formula is C13H11FN2O. The van der Waals surface area contributed by atoms with Gasteiger partial charge in [0.2, 0.25) is 11.8 Å². The van der Waals surface area contributed by atoms with Crippen LogP contribution in [0, 0.1) is 5.95 Å². The summed E-state index contributed by atoms with van der Waals surface area (Å²) < 4.78 is 18.4. The molecule has 0 aliphatic carbocycles. The highest BCUT2D eigenvalue weighted by Crippen LogP contribution is 2.24. The normalized spacial score (nSPS) is 10.7. The highest BCUT2D eigenvalue weighted by molar-refractivity contribution is 5.57. The van der Waals surface area contributed by atoms with E-state index in [1.807, 2.05) is 37.3 Å². The van der Waals surface area contributed by atoms with Crippen molar-refractivity contribution < 1.29 is 9.13 Å². The van der Waals surface area contributed by atoms with Crippen molar-refractivity contribution >= 4 is 6.08 Å². The fourth-order valence-corrected chi connectivity index (χ4v) is 1.38. The van der Waals surface area contributed by atoms with E-state index < -0.39 is 5.95 Å². The highest BCUT2D eigenvalue weighted by atomic mass is 19.1. The second-order valence-corrected chi connectivity index (χ2v) is 3.32. The molecule has 0 fully saturated rings. The first-order valence-corrected chi connectivity index (χ1v) is 5.16. The Morgan fingerprint density at radius 3 is 2.82 bits per heavy atom. The Bertz CT molecular complexity index is 540. The molecule has 0 spiro atoms. The molecule has 0 aliphatic heterocycles. The molecule has 3 nitrogen and oxygen atoms in total. The van der Waals surface area contributed by atoms with Crippen molar-refractivity contribution in [3.8, 4) is 11.6 Å². The molecule has 4 heteroatoms. The second kappa shape index (κ2) is 5.21. The molecule has 2 rings (SSSR count). The minimum atomic E-state index is -0.612. The average Bonchev–Trinajstić information content (AvgIpc) is 2.32. The Balaban J connectivity index is 2.29. The summed E-state index contributed by atoms with van der Waals surface area (Å²) in [6, 6.07) is 8.61. The number of nitrogens with zero attached hydrogens (tertiary/aromatic N) is 2. The Labute approximate surface area is 98.6 Å². The third-order valence-electron chi connectivity index (χ3n) is 2.09. The van der Waals surface area contributed by atoms with Crippen molar-refractivity contribution in [1.29, 1.82) is 0 Å². The summed E-state index contributed by atoms with van der Waals surface area (Å²) in [5.74, 6) is 0.205. The van der Waals surface area contributed by atoms with E-state index in [9.17, 15) is 4.39 Å². The molecule has 0 atom stereocenters. The maximum atomic E-state index is 12.9. The summed E-state index contributed by atoms with van der Waals surface area (Å²) in [6.07, 6.45) is 4.94. The van der Waals surface area contributed by atoms with Gasteiger partial charge >= 0.3 is 0 Å². The zero-order chi connectivity index (χ0) is 12.1. The van der Waals surface area contributed by atoms with Gasteiger partial charge in [-0.15, -0.1) is 0 Å². The minimum Gasteiger partial charge on any atom is -0.438 e. The SMILES string of the molecule is C/C=C/c1ccccc1Oc1cc(F)ncn1. The third-order valence-corrected chi connectivity index (χ3v) is 2.09. The van der Waals surface area contributed by atoms with Crippen LogP contribution in [0.1, 0.15) is 12.5 Å². The quantitative estimate of drug-likeness (QED) is 0.757. The van der Waals surface area contributed by atoms with E-state index in [0.29, 0.717) is 5.75 Å². The molecule has 0 aliphatic rings. The Kier molecular flexibility index (Phi) is 3.45. The van der Waals surface area contributed by atoms with Crippen molar-refractivity contribution in [2.75, 3.05) is 0 Å². The molecule has 86 valence electrons. The molecule has 0 radical (unpaired) electrons. The van der Waals surface area contributed by atoms with Crippen molar-refractivity contribution in [2.24, 2.45) is 0 Å². The van der Waals surface area contributed by atoms with Crippen LogP contribution in [0.4, 0.5) is 4.39 Å². The van der Waals surface area contributed by atoms with Gasteiger partial charge in [-0.25, -0.2) is 9.97 Å². The number of hydrogen-bond donors (Lipinski definition) is 0. The summed E-state index contributed by atoms with van der Waals surface area (Å²) in [7, 11) is 0. The molecule has 1 aromatic heterocycles. The van der Waals surface area contributed by atoms with Crippen LogP contribution in [-0.4, -0.2) is 9.97 Å². The smallest absolute Gasteiger partial charge is 0.225 e. The van der Waals surface area contributed by atoms with Gasteiger partial charge in [0.1, 0.15) is 12.1 Å². The fraction of sp³-hybridized carbons (Fsp3) is 0.0769. The van der Waals surface area contributed by atoms with E-state index in [0.717, 1.165) is 18.0 Å². The summed E-state index contributed by atoms with van der Waals surface area (Å²) in [4.78, 5) is 7.21. The topological polar surface area (TPSA) is 35.0 Å². The van der Waals surface area contributed by atoms with E-state index in [1.54, 1.807) is 6.07 Å². The first-order chi connectivity index (χ1) is 8.29. The van der Waals surface area contributed by atoms with Gasteiger partial charge in [-0.2, -0.15) is 4.39 Å². The Morgan fingerprint density at radius 2 is 2.06 bits per heavy atom. The lowest BCUT2D eigenvalue weighted by Gasteiger charge is -2.07. The van der Waals surface area contributed by atoms with Gasteiger partial charge in [0.25, 0.3) is 0 Å². The Hall–Kier alpha value is -2.23. The molecule has 0 saturated carbocycles. The largest absolute Gasteiger partial charge is 0.438 e. The Morgan fingerprint density at radius 1 is 1.24 bits per heavy atom. The maximum absolute atomic E-state index is 12.9. The molecule has 1 aromatic carbocycles. The number of rotatable bonds is 3. The standard InChI is InChI=1S/C13H11FN2O/c1-2-5-10-6-3-4-7-11(10)17-13-8-12(14)15-9-16-13/h2-9H,1H3/b5-2+. The van der Waals surface area contributed by atoms with E-state index in [-0.39, 0.29) is 5.88 Å². The van der Waals surface area contributed by atoms with Crippen LogP contribution in [0.2, 0.25) is 0 Å². The van der Waals surface area contributed by atoms with Crippen LogP contribution in [0.15, 0.2) is 42.7 Å². The number of hydrogen-bond acceptors (Lipinski definition) is 3. The first kappa shape index (κ1) is 11.3. The molecule has 0 amide bonds. The van der Waals surface area contributed by atoms with E-state index in [2.05, 4.69) is 9.97 Å². The lowest BCUT2D eigenvalue weighted by Crippen LogP contribution is -1.92. The lowest BCUT2D eigenvalue weighted by atomic mass is 10.2. The number of halogens is 1. The number of aromatic nitrogens is 2. The molecule has 17 heavy (non-hydrogen) atoms. The van der Waals surface area contributed by atoms with E-state index in [1.165, 1.54) is 0 Å². The van der Waals surface area contributed by atoms with Crippen LogP contribution in [0.3, 0.4) is 0 Å². The predicted octanol–water partition coefficient (Wildman–Crippen LogP) is 3.44. The van der Waals surface area contributed by atoms with Crippen molar-refractivity contribution in [1.82, 2.24) is 9.97 Å². The molecule has 1 heterocycles. The number of ether oxygens (including phenoxy) is 1. The molecule has 2 aromatic rings. The lowest BCUT2D eigenvalue weighted by molar-refractivity contribution is 0.449. The molecule has 0 bridgehead atoms. The third kappa shape index (κ3) is 2.87. The van der Waals surface area contributed by atoms with Crippen LogP contribution in [0.5, 0.6) is 11.6 Å². The number of benzene rings is 1. The minimum absolute atomic E-state index is 0.189. The second-order valence-electron chi connectivity index (χ2n) is 3.32. The summed E-state index contributed by atoms with van der Waals surface area (Å²) >= 11 is 0. The number of para-hydroxylation sites is 1. The van der Waals surface area contributed by atoms with Gasteiger partial charge in [-0.05, 0) is 13.0 Å². The van der Waals surface area contributed by atoms with Crippen LogP contribution in [0.25, 0.3) is 6.08 Å². The average molecular weight is 230 g/mol.